The third kappa shape index (κ3) is 11.8. The van der Waals surface area contributed by atoms with Crippen LogP contribution in [0.4, 0.5) is 25.2 Å². The Bertz CT molecular complexity index is 1890. The summed E-state index contributed by atoms with van der Waals surface area (Å²) in [5, 5.41) is 0. The molecular formula is C38H27F6O2PS2. The van der Waals surface area contributed by atoms with Gasteiger partial charge in [-0.15, -0.1) is 0 Å². The molecule has 0 radical (unpaired) electrons. The van der Waals surface area contributed by atoms with Crippen LogP contribution in [0.1, 0.15) is 31.8 Å². The molecule has 49 heavy (non-hydrogen) atoms. The maximum atomic E-state index is 12.7. The van der Waals surface area contributed by atoms with E-state index >= 15 is 0 Å². The van der Waals surface area contributed by atoms with Gasteiger partial charge in [0.25, 0.3) is 0 Å². The number of ketones is 2. The summed E-state index contributed by atoms with van der Waals surface area (Å²) in [6.45, 7) is 0. The first-order valence-electron chi connectivity index (χ1n) is 14.6. The fourth-order valence-corrected chi connectivity index (χ4v) is 6.31. The van der Waals surface area contributed by atoms with Crippen molar-refractivity contribution in [3.8, 4) is 11.1 Å². The molecule has 0 saturated carbocycles. The molecule has 0 heterocycles. The van der Waals surface area contributed by atoms with Crippen molar-refractivity contribution in [2.75, 3.05) is 0 Å². The SMILES string of the molecule is F[P-](F)(F)(F)(F)F.O=C(c1ccccc1)c1ccc(Sc2ccc(-c3ccc([SH+]c4ccc(C(=O)c5ccccc5)cc4)cc3)cc2)cc1. The van der Waals surface area contributed by atoms with Crippen molar-refractivity contribution < 1.29 is 34.8 Å². The first-order valence-corrected chi connectivity index (χ1v) is 18.4. The minimum atomic E-state index is -10.7. The molecule has 250 valence electrons. The second kappa shape index (κ2) is 14.1. The van der Waals surface area contributed by atoms with E-state index in [0.29, 0.717) is 22.3 Å². The minimum absolute atomic E-state index is 0.0372. The van der Waals surface area contributed by atoms with E-state index in [0.717, 1.165) is 37.6 Å². The summed E-state index contributed by atoms with van der Waals surface area (Å²) >= 11 is 2.78. The molecule has 0 spiro atoms. The number of benzene rings is 6. The van der Waals surface area contributed by atoms with E-state index in [2.05, 4.69) is 48.5 Å². The van der Waals surface area contributed by atoms with E-state index in [9.17, 15) is 34.8 Å². The molecule has 0 aliphatic carbocycles. The number of hydrogen-bond donors (Lipinski definition) is 0. The van der Waals surface area contributed by atoms with Crippen LogP contribution in [0.25, 0.3) is 11.1 Å². The fourth-order valence-electron chi connectivity index (χ4n) is 4.60. The van der Waals surface area contributed by atoms with Crippen LogP contribution in [0.15, 0.2) is 177 Å². The zero-order valence-electron chi connectivity index (χ0n) is 25.4. The second-order valence-electron chi connectivity index (χ2n) is 10.7. The molecule has 6 aromatic carbocycles. The van der Waals surface area contributed by atoms with Gasteiger partial charge in [0.2, 0.25) is 0 Å². The Balaban J connectivity index is 0.000000606. The molecule has 0 atom stereocenters. The first kappa shape index (κ1) is 35.7. The van der Waals surface area contributed by atoms with Gasteiger partial charge in [-0.2, -0.15) is 0 Å². The summed E-state index contributed by atoms with van der Waals surface area (Å²) < 4.78 is 59.2. The Morgan fingerprint density at radius 3 is 1.08 bits per heavy atom. The summed E-state index contributed by atoms with van der Waals surface area (Å²) in [4.78, 5) is 29.9. The van der Waals surface area contributed by atoms with Gasteiger partial charge in [-0.3, -0.25) is 9.59 Å². The zero-order chi connectivity index (χ0) is 35.1. The normalized spacial score (nSPS) is 12.5. The molecule has 0 aromatic heterocycles. The van der Waals surface area contributed by atoms with Gasteiger partial charge >= 0.3 is 33.0 Å². The molecule has 2 nitrogen and oxygen atoms in total. The Morgan fingerprint density at radius 2 is 0.694 bits per heavy atom. The van der Waals surface area contributed by atoms with Crippen LogP contribution >= 0.6 is 19.6 Å². The Morgan fingerprint density at radius 1 is 0.408 bits per heavy atom. The molecule has 0 aliphatic rings. The molecule has 0 N–H and O–H groups in total. The number of rotatable bonds is 9. The largest absolute Gasteiger partial charge is 0.289 e. The first-order chi connectivity index (χ1) is 23.1. The van der Waals surface area contributed by atoms with Gasteiger partial charge in [-0.05, 0) is 96.1 Å². The van der Waals surface area contributed by atoms with Crippen molar-refractivity contribution in [3.05, 3.63) is 180 Å². The average molecular weight is 725 g/mol. The Kier molecular flexibility index (Phi) is 10.2. The molecule has 0 aliphatic heterocycles. The number of halogens is 6. The van der Waals surface area contributed by atoms with Crippen LogP contribution in [0, 0.1) is 0 Å². The van der Waals surface area contributed by atoms with Crippen molar-refractivity contribution >= 4 is 42.9 Å². The van der Waals surface area contributed by atoms with Crippen molar-refractivity contribution in [2.45, 2.75) is 19.6 Å². The summed E-state index contributed by atoms with van der Waals surface area (Å²) in [6.07, 6.45) is 0. The third-order valence-electron chi connectivity index (χ3n) is 6.87. The third-order valence-corrected chi connectivity index (χ3v) is 9.00. The Hall–Kier alpha value is -4.63. The topological polar surface area (TPSA) is 34.1 Å². The van der Waals surface area contributed by atoms with Crippen LogP contribution in [0.3, 0.4) is 0 Å². The molecule has 11 heteroatoms. The number of carbonyl (C=O) groups is 2. The molecule has 0 unspecified atom stereocenters. The summed E-state index contributed by atoms with van der Waals surface area (Å²) in [5.74, 6) is 0.0797. The molecule has 0 bridgehead atoms. The van der Waals surface area contributed by atoms with Gasteiger partial charge in [0.1, 0.15) is 0 Å². The standard InChI is InChI=1S/C38H26O2S2.F6P/c39-37(29-7-3-1-4-8-29)31-15-23-35(24-16-31)41-33-19-11-27(12-20-33)28-13-21-34(22-14-28)42-36-25-17-32(18-26-36)38(40)30-9-5-2-6-10-30;1-7(2,3,4,5)6/h1-26H;/q;-1/p+1. The number of hydrogen-bond acceptors (Lipinski definition) is 3. The smallest absolute Gasteiger partial charge is 0.193 e. The molecular weight excluding hydrogens is 698 g/mol. The van der Waals surface area contributed by atoms with E-state index < -0.39 is 7.81 Å². The van der Waals surface area contributed by atoms with Gasteiger partial charge in [0.15, 0.2) is 21.4 Å². The second-order valence-corrected chi connectivity index (χ2v) is 15.0. The van der Waals surface area contributed by atoms with Crippen molar-refractivity contribution in [1.29, 1.82) is 0 Å². The average Bonchev–Trinajstić information content (AvgIpc) is 3.08. The van der Waals surface area contributed by atoms with E-state index in [1.54, 1.807) is 11.8 Å². The van der Waals surface area contributed by atoms with E-state index in [1.165, 1.54) is 4.90 Å². The van der Waals surface area contributed by atoms with Gasteiger partial charge in [0.05, 0.1) is 0 Å². The number of carbonyl (C=O) groups excluding carboxylic acids is 2. The van der Waals surface area contributed by atoms with E-state index in [4.69, 9.17) is 0 Å². The van der Waals surface area contributed by atoms with Crippen molar-refractivity contribution in [1.82, 2.24) is 0 Å². The Labute approximate surface area is 287 Å². The van der Waals surface area contributed by atoms with Gasteiger partial charge in [-0.1, -0.05) is 84.6 Å². The van der Waals surface area contributed by atoms with Gasteiger partial charge in [-0.25, -0.2) is 0 Å². The zero-order valence-corrected chi connectivity index (χ0v) is 28.0. The molecule has 6 aromatic rings. The van der Waals surface area contributed by atoms with E-state index in [1.807, 2.05) is 109 Å². The maximum absolute atomic E-state index is 12.7. The minimum Gasteiger partial charge on any atom is -0.289 e. The quantitative estimate of drug-likeness (QED) is 0.0489. The molecule has 0 fully saturated rings. The van der Waals surface area contributed by atoms with Crippen LogP contribution in [0.5, 0.6) is 0 Å². The van der Waals surface area contributed by atoms with E-state index in [-0.39, 0.29) is 11.6 Å². The van der Waals surface area contributed by atoms with Crippen LogP contribution in [-0.2, 0) is 11.8 Å². The van der Waals surface area contributed by atoms with Crippen LogP contribution < -0.4 is 0 Å². The predicted molar refractivity (Wildman–Crippen MR) is 187 cm³/mol. The number of thiol groups is 1. The summed E-state index contributed by atoms with van der Waals surface area (Å²) in [5.41, 5.74) is 5.13. The van der Waals surface area contributed by atoms with Gasteiger partial charge < -0.3 is 0 Å². The molecule has 0 saturated heterocycles. The maximum Gasteiger partial charge on any atom is 0.193 e. The molecule has 6 rings (SSSR count). The van der Waals surface area contributed by atoms with Gasteiger partial charge in [0, 0.05) is 43.8 Å². The van der Waals surface area contributed by atoms with Crippen LogP contribution in [0.2, 0.25) is 0 Å². The monoisotopic (exact) mass is 724 g/mol. The summed E-state index contributed by atoms with van der Waals surface area (Å²) in [7, 11) is -10.7. The summed E-state index contributed by atoms with van der Waals surface area (Å²) in [6, 6.07) is 51.6. The predicted octanol–water partition coefficient (Wildman–Crippen LogP) is 12.6. The van der Waals surface area contributed by atoms with Crippen LogP contribution in [-0.4, -0.2) is 11.6 Å². The van der Waals surface area contributed by atoms with Crippen molar-refractivity contribution in [3.63, 3.8) is 0 Å². The molecule has 0 amide bonds. The van der Waals surface area contributed by atoms with Crippen molar-refractivity contribution in [2.24, 2.45) is 0 Å². The fraction of sp³-hybridized carbons (Fsp3) is 0.